The van der Waals surface area contributed by atoms with Crippen LogP contribution in [-0.2, 0) is 15.3 Å². The number of hydrogen-bond donors (Lipinski definition) is 5. The van der Waals surface area contributed by atoms with E-state index in [4.69, 9.17) is 4.74 Å². The molecule has 1 heterocycles. The Hall–Kier alpha value is -2.81. The lowest BCUT2D eigenvalue weighted by molar-refractivity contribution is -0.349. The van der Waals surface area contributed by atoms with E-state index in [2.05, 4.69) is 0 Å². The zero-order chi connectivity index (χ0) is 20.5. The van der Waals surface area contributed by atoms with Crippen molar-refractivity contribution in [1.29, 1.82) is 0 Å². The maximum absolute atomic E-state index is 11.5. The van der Waals surface area contributed by atoms with Crippen molar-refractivity contribution in [3.8, 4) is 0 Å². The summed E-state index contributed by atoms with van der Waals surface area (Å²) in [7, 11) is 0. The summed E-state index contributed by atoms with van der Waals surface area (Å²) in [5, 5.41) is 56.5. The molecule has 4 aromatic rings. The van der Waals surface area contributed by atoms with Crippen LogP contribution in [0.3, 0.4) is 0 Å². The maximum atomic E-state index is 11.5. The molecule has 4 aromatic carbocycles. The molecule has 29 heavy (non-hydrogen) atoms. The third kappa shape index (κ3) is 2.40. The lowest BCUT2D eigenvalue weighted by atomic mass is 9.84. The van der Waals surface area contributed by atoms with Gasteiger partial charge in [-0.05, 0) is 32.3 Å². The van der Waals surface area contributed by atoms with Gasteiger partial charge in [-0.2, -0.15) is 0 Å². The van der Waals surface area contributed by atoms with Crippen molar-refractivity contribution in [2.45, 2.75) is 30.2 Å². The molecule has 0 bridgehead atoms. The Balaban J connectivity index is 1.81. The van der Waals surface area contributed by atoms with E-state index in [0.29, 0.717) is 5.39 Å². The van der Waals surface area contributed by atoms with Gasteiger partial charge in [-0.15, -0.1) is 0 Å². The van der Waals surface area contributed by atoms with Gasteiger partial charge in [0, 0.05) is 5.56 Å². The van der Waals surface area contributed by atoms with E-state index in [0.717, 1.165) is 26.9 Å². The smallest absolute Gasteiger partial charge is 0.335 e. The highest BCUT2D eigenvalue weighted by molar-refractivity contribution is 6.23. The Labute approximate surface area is 164 Å². The van der Waals surface area contributed by atoms with Gasteiger partial charge in [0.25, 0.3) is 0 Å². The first kappa shape index (κ1) is 18.2. The van der Waals surface area contributed by atoms with E-state index in [1.807, 2.05) is 36.4 Å². The Bertz CT molecular complexity index is 1240. The van der Waals surface area contributed by atoms with Crippen LogP contribution in [0.25, 0.3) is 32.3 Å². The molecule has 0 aromatic heterocycles. The monoisotopic (exact) mass is 394 g/mol. The van der Waals surface area contributed by atoms with E-state index in [1.54, 1.807) is 12.1 Å². The van der Waals surface area contributed by atoms with Gasteiger partial charge in [0.15, 0.2) is 6.10 Å². The minimum Gasteiger partial charge on any atom is -0.479 e. The van der Waals surface area contributed by atoms with Gasteiger partial charge in [-0.25, -0.2) is 4.79 Å². The predicted octanol–water partition coefficient (Wildman–Crippen LogP) is 1.30. The van der Waals surface area contributed by atoms with Crippen molar-refractivity contribution in [1.82, 2.24) is 0 Å². The van der Waals surface area contributed by atoms with Crippen LogP contribution in [0.1, 0.15) is 5.56 Å². The molecule has 0 saturated carbocycles. The standard InChI is InChI=1S/C22H18O7/c23-17-18(24)20(25)22(28,29-19(17)21(26)27)14-9-7-12-5-4-10-2-1-3-11-6-8-13(14)16(12)15(10)11/h1-9,17-20,23-25,28H,(H,26,27)/t17-,18-,19-,20+,22+/m0/s1. The van der Waals surface area contributed by atoms with Crippen molar-refractivity contribution >= 4 is 38.3 Å². The fourth-order valence-corrected chi connectivity index (χ4v) is 4.40. The van der Waals surface area contributed by atoms with Crippen LogP contribution in [0, 0.1) is 0 Å². The highest BCUT2D eigenvalue weighted by atomic mass is 16.7. The number of carboxylic acid groups (broad SMARTS) is 1. The molecule has 1 aliphatic heterocycles. The summed E-state index contributed by atoms with van der Waals surface area (Å²) in [4.78, 5) is 11.5. The first-order chi connectivity index (χ1) is 13.8. The summed E-state index contributed by atoms with van der Waals surface area (Å²) in [6, 6.07) is 16.7. The number of rotatable bonds is 2. The Morgan fingerprint density at radius 3 is 2.07 bits per heavy atom. The maximum Gasteiger partial charge on any atom is 0.335 e. The van der Waals surface area contributed by atoms with E-state index < -0.39 is 36.2 Å². The summed E-state index contributed by atoms with van der Waals surface area (Å²) in [5.41, 5.74) is 0.118. The first-order valence-electron chi connectivity index (χ1n) is 9.17. The van der Waals surface area contributed by atoms with Gasteiger partial charge in [0.1, 0.15) is 18.3 Å². The van der Waals surface area contributed by atoms with Gasteiger partial charge in [-0.1, -0.05) is 54.6 Å². The van der Waals surface area contributed by atoms with Crippen molar-refractivity contribution in [3.05, 3.63) is 60.2 Å². The summed E-state index contributed by atoms with van der Waals surface area (Å²) in [6.45, 7) is 0. The summed E-state index contributed by atoms with van der Waals surface area (Å²) in [6.07, 6.45) is -7.65. The molecular formula is C22H18O7. The average Bonchev–Trinajstić information content (AvgIpc) is 2.73. The Kier molecular flexibility index (Phi) is 3.83. The molecule has 148 valence electrons. The second kappa shape index (κ2) is 6.09. The van der Waals surface area contributed by atoms with Gasteiger partial charge in [0.05, 0.1) is 0 Å². The van der Waals surface area contributed by atoms with Crippen LogP contribution in [0.4, 0.5) is 0 Å². The van der Waals surface area contributed by atoms with Crippen molar-refractivity contribution in [2.24, 2.45) is 0 Å². The fraction of sp³-hybridized carbons (Fsp3) is 0.227. The number of aliphatic carboxylic acids is 1. The predicted molar refractivity (Wildman–Crippen MR) is 105 cm³/mol. The minimum atomic E-state index is -2.52. The quantitative estimate of drug-likeness (QED) is 0.324. The van der Waals surface area contributed by atoms with Crippen molar-refractivity contribution < 1.29 is 35.1 Å². The van der Waals surface area contributed by atoms with Gasteiger partial charge >= 0.3 is 5.97 Å². The third-order valence-corrected chi connectivity index (χ3v) is 5.85. The minimum absolute atomic E-state index is 0.118. The number of carboxylic acids is 1. The largest absolute Gasteiger partial charge is 0.479 e. The summed E-state index contributed by atoms with van der Waals surface area (Å²) < 4.78 is 5.30. The highest BCUT2D eigenvalue weighted by Gasteiger charge is 2.56. The third-order valence-electron chi connectivity index (χ3n) is 5.85. The van der Waals surface area contributed by atoms with E-state index >= 15 is 0 Å². The molecule has 1 aliphatic rings. The molecule has 0 aliphatic carbocycles. The molecule has 5 rings (SSSR count). The average molecular weight is 394 g/mol. The molecule has 5 atom stereocenters. The number of carbonyl (C=O) groups is 1. The number of aliphatic hydroxyl groups excluding tert-OH is 3. The SMILES string of the molecule is O=C(O)[C@H]1O[C@](O)(c2ccc3ccc4cccc5ccc2c3c45)[C@H](O)[C@@H](O)[C@@H]1O. The summed E-state index contributed by atoms with van der Waals surface area (Å²) in [5.74, 6) is -4.08. The van der Waals surface area contributed by atoms with E-state index in [9.17, 15) is 30.3 Å². The Morgan fingerprint density at radius 2 is 1.41 bits per heavy atom. The molecular weight excluding hydrogens is 376 g/mol. The molecule has 5 N–H and O–H groups in total. The molecule has 0 unspecified atom stereocenters. The number of ether oxygens (including phenoxy) is 1. The lowest BCUT2D eigenvalue weighted by Gasteiger charge is -2.45. The normalized spacial score (nSPS) is 30.3. The highest BCUT2D eigenvalue weighted by Crippen LogP contribution is 2.43. The molecule has 0 radical (unpaired) electrons. The van der Waals surface area contributed by atoms with Crippen LogP contribution in [0.5, 0.6) is 0 Å². The van der Waals surface area contributed by atoms with E-state index in [-0.39, 0.29) is 5.56 Å². The zero-order valence-corrected chi connectivity index (χ0v) is 15.1. The lowest BCUT2D eigenvalue weighted by Crippen LogP contribution is -2.64. The second-order valence-corrected chi connectivity index (χ2v) is 7.47. The molecule has 7 heteroatoms. The van der Waals surface area contributed by atoms with E-state index in [1.165, 1.54) is 6.07 Å². The zero-order valence-electron chi connectivity index (χ0n) is 15.1. The topological polar surface area (TPSA) is 127 Å². The van der Waals surface area contributed by atoms with Crippen LogP contribution in [-0.4, -0.2) is 55.9 Å². The second-order valence-electron chi connectivity index (χ2n) is 7.47. The van der Waals surface area contributed by atoms with Gasteiger partial charge in [-0.3, -0.25) is 0 Å². The Morgan fingerprint density at radius 1 is 0.828 bits per heavy atom. The number of hydrogen-bond acceptors (Lipinski definition) is 6. The van der Waals surface area contributed by atoms with Crippen LogP contribution < -0.4 is 0 Å². The summed E-state index contributed by atoms with van der Waals surface area (Å²) >= 11 is 0. The number of aliphatic hydroxyl groups is 4. The molecule has 0 spiro atoms. The van der Waals surface area contributed by atoms with Gasteiger partial charge < -0.3 is 30.3 Å². The van der Waals surface area contributed by atoms with Gasteiger partial charge in [0.2, 0.25) is 5.79 Å². The number of benzene rings is 4. The van der Waals surface area contributed by atoms with Crippen LogP contribution >= 0.6 is 0 Å². The molecule has 1 saturated heterocycles. The fourth-order valence-electron chi connectivity index (χ4n) is 4.40. The van der Waals surface area contributed by atoms with Crippen LogP contribution in [0.15, 0.2) is 54.6 Å². The molecule has 0 amide bonds. The molecule has 1 fully saturated rings. The first-order valence-corrected chi connectivity index (χ1v) is 9.17. The molecule has 7 nitrogen and oxygen atoms in total. The van der Waals surface area contributed by atoms with Crippen molar-refractivity contribution in [2.75, 3.05) is 0 Å². The van der Waals surface area contributed by atoms with Crippen molar-refractivity contribution in [3.63, 3.8) is 0 Å². The van der Waals surface area contributed by atoms with Crippen LogP contribution in [0.2, 0.25) is 0 Å².